The molecule has 0 radical (unpaired) electrons. The minimum atomic E-state index is -3.31. The maximum Gasteiger partial charge on any atom is 0.329 e. The Morgan fingerprint density at radius 1 is 1.29 bits per heavy atom. The molecule has 2 rings (SSSR count). The summed E-state index contributed by atoms with van der Waals surface area (Å²) in [7, 11) is -3.31. The summed E-state index contributed by atoms with van der Waals surface area (Å²) in [4.78, 5) is 3.39. The van der Waals surface area contributed by atoms with Crippen LogP contribution in [0.1, 0.15) is 11.1 Å². The van der Waals surface area contributed by atoms with Crippen LogP contribution in [-0.4, -0.2) is 25.2 Å². The second-order valence-electron chi connectivity index (χ2n) is 3.80. The van der Waals surface area contributed by atoms with Gasteiger partial charge in [0, 0.05) is 11.8 Å². The van der Waals surface area contributed by atoms with E-state index in [1.807, 2.05) is 0 Å². The summed E-state index contributed by atoms with van der Waals surface area (Å²) in [5.74, 6) is 0. The quantitative estimate of drug-likeness (QED) is 0.559. The molecule has 0 amide bonds. The van der Waals surface area contributed by atoms with Gasteiger partial charge in [-0.15, -0.1) is 0 Å². The van der Waals surface area contributed by atoms with Crippen molar-refractivity contribution in [2.24, 2.45) is 0 Å². The van der Waals surface area contributed by atoms with Crippen molar-refractivity contribution in [1.29, 1.82) is 0 Å². The summed E-state index contributed by atoms with van der Waals surface area (Å²) < 4.78 is 23.2. The van der Waals surface area contributed by atoms with Crippen molar-refractivity contribution < 1.29 is 13.2 Å². The SMILES string of the molecule is C=C1C=Cc2c(cccc2S(C)(=O)=O)C1=[N+]=[N-]. The van der Waals surface area contributed by atoms with Crippen LogP contribution >= 0.6 is 0 Å². The fourth-order valence-corrected chi connectivity index (χ4v) is 2.70. The molecule has 5 heteroatoms. The van der Waals surface area contributed by atoms with Crippen LogP contribution in [0.15, 0.2) is 41.3 Å². The Morgan fingerprint density at radius 3 is 2.59 bits per heavy atom. The molecule has 0 atom stereocenters. The van der Waals surface area contributed by atoms with Gasteiger partial charge in [0.15, 0.2) is 9.84 Å². The number of hydrogen-bond acceptors (Lipinski definition) is 2. The Bertz CT molecular complexity index is 693. The topological polar surface area (TPSA) is 70.5 Å². The van der Waals surface area contributed by atoms with Gasteiger partial charge in [0.2, 0.25) is 0 Å². The van der Waals surface area contributed by atoms with Crippen LogP contribution in [-0.2, 0) is 9.84 Å². The molecule has 0 aliphatic heterocycles. The first-order valence-electron chi connectivity index (χ1n) is 4.88. The first-order valence-corrected chi connectivity index (χ1v) is 6.77. The molecular weight excluding hydrogens is 236 g/mol. The van der Waals surface area contributed by atoms with Crippen LogP contribution in [0.2, 0.25) is 0 Å². The van der Waals surface area contributed by atoms with E-state index in [1.165, 1.54) is 6.07 Å². The van der Waals surface area contributed by atoms with Gasteiger partial charge < -0.3 is 5.53 Å². The first-order chi connectivity index (χ1) is 7.95. The van der Waals surface area contributed by atoms with E-state index in [1.54, 1.807) is 24.3 Å². The number of hydrogen-bond donors (Lipinski definition) is 0. The lowest BCUT2D eigenvalue weighted by atomic mass is 9.93. The monoisotopic (exact) mass is 246 g/mol. The third-order valence-electron chi connectivity index (χ3n) is 2.58. The van der Waals surface area contributed by atoms with Gasteiger partial charge in [0.25, 0.3) is 0 Å². The molecule has 0 fully saturated rings. The predicted octanol–water partition coefficient (Wildman–Crippen LogP) is 1.69. The molecule has 0 saturated heterocycles. The molecule has 0 spiro atoms. The number of nitrogens with zero attached hydrogens (tertiary/aromatic N) is 2. The maximum atomic E-state index is 11.6. The minimum absolute atomic E-state index is 0.222. The van der Waals surface area contributed by atoms with E-state index in [2.05, 4.69) is 11.4 Å². The summed E-state index contributed by atoms with van der Waals surface area (Å²) in [6.45, 7) is 3.73. The van der Waals surface area contributed by atoms with Gasteiger partial charge in [-0.05, 0) is 18.2 Å². The number of fused-ring (bicyclic) bond motifs is 1. The van der Waals surface area contributed by atoms with Crippen LogP contribution in [0.25, 0.3) is 11.6 Å². The summed E-state index contributed by atoms with van der Waals surface area (Å²) in [5, 5.41) is 0. The largest absolute Gasteiger partial charge is 0.361 e. The van der Waals surface area contributed by atoms with Crippen molar-refractivity contribution in [1.82, 2.24) is 0 Å². The van der Waals surface area contributed by atoms with E-state index >= 15 is 0 Å². The molecule has 0 unspecified atom stereocenters. The van der Waals surface area contributed by atoms with Crippen molar-refractivity contribution in [3.8, 4) is 0 Å². The summed E-state index contributed by atoms with van der Waals surface area (Å²) in [6, 6.07) is 4.85. The average Bonchev–Trinajstić information content (AvgIpc) is 2.26. The van der Waals surface area contributed by atoms with Crippen LogP contribution in [0.3, 0.4) is 0 Å². The molecule has 0 bridgehead atoms. The third-order valence-corrected chi connectivity index (χ3v) is 3.73. The molecule has 0 heterocycles. The van der Waals surface area contributed by atoms with E-state index in [4.69, 9.17) is 5.53 Å². The molecule has 0 saturated carbocycles. The van der Waals surface area contributed by atoms with Gasteiger partial charge in [-0.1, -0.05) is 18.7 Å². The lowest BCUT2D eigenvalue weighted by molar-refractivity contribution is -0.00290. The fraction of sp³-hybridized carbons (Fsp3) is 0.0833. The van der Waals surface area contributed by atoms with Crippen LogP contribution < -0.4 is 0 Å². The number of allylic oxidation sites excluding steroid dienone is 2. The Labute approximate surface area is 99.4 Å². The molecule has 4 nitrogen and oxygen atoms in total. The molecule has 1 aliphatic carbocycles. The number of benzene rings is 1. The smallest absolute Gasteiger partial charge is 0.329 e. The highest BCUT2D eigenvalue weighted by Gasteiger charge is 2.26. The molecule has 1 aromatic rings. The first kappa shape index (κ1) is 11.5. The molecule has 1 aliphatic rings. The second-order valence-corrected chi connectivity index (χ2v) is 5.78. The fourth-order valence-electron chi connectivity index (χ4n) is 1.80. The Hall–Kier alpha value is -1.97. The molecule has 17 heavy (non-hydrogen) atoms. The average molecular weight is 246 g/mol. The number of sulfone groups is 1. The van der Waals surface area contributed by atoms with Gasteiger partial charge in [-0.25, -0.2) is 8.42 Å². The molecule has 0 aromatic heterocycles. The highest BCUT2D eigenvalue weighted by molar-refractivity contribution is 7.90. The van der Waals surface area contributed by atoms with Crippen molar-refractivity contribution in [2.75, 3.05) is 6.26 Å². The molecule has 0 N–H and O–H groups in total. The van der Waals surface area contributed by atoms with Crippen molar-refractivity contribution in [2.45, 2.75) is 4.90 Å². The number of rotatable bonds is 1. The minimum Gasteiger partial charge on any atom is -0.361 e. The van der Waals surface area contributed by atoms with Gasteiger partial charge in [-0.3, -0.25) is 0 Å². The Kier molecular flexibility index (Phi) is 2.58. The van der Waals surface area contributed by atoms with Crippen LogP contribution in [0.4, 0.5) is 0 Å². The Balaban J connectivity index is 2.86. The normalized spacial score (nSPS) is 14.4. The standard InChI is InChI=1S/C12H10N2O2S/c1-8-6-7-9-10(12(8)14-13)4-3-5-11(9)17(2,15)16/h3-7H,1H2,2H3. The van der Waals surface area contributed by atoms with E-state index < -0.39 is 9.84 Å². The van der Waals surface area contributed by atoms with E-state index in [0.29, 0.717) is 22.4 Å². The lowest BCUT2D eigenvalue weighted by Gasteiger charge is -2.11. The van der Waals surface area contributed by atoms with Gasteiger partial charge in [-0.2, -0.15) is 4.79 Å². The molecule has 1 aromatic carbocycles. The second kappa shape index (κ2) is 3.80. The summed E-state index contributed by atoms with van der Waals surface area (Å²) in [6.07, 6.45) is 4.45. The zero-order valence-electron chi connectivity index (χ0n) is 9.21. The maximum absolute atomic E-state index is 11.6. The van der Waals surface area contributed by atoms with Gasteiger partial charge in [0.05, 0.1) is 16.0 Å². The molecular formula is C12H10N2O2S. The van der Waals surface area contributed by atoms with Gasteiger partial charge in [0.1, 0.15) is 0 Å². The van der Waals surface area contributed by atoms with Crippen molar-refractivity contribution in [3.05, 3.63) is 53.1 Å². The van der Waals surface area contributed by atoms with E-state index in [-0.39, 0.29) is 4.90 Å². The lowest BCUT2D eigenvalue weighted by Crippen LogP contribution is -2.13. The third kappa shape index (κ3) is 1.86. The predicted molar refractivity (Wildman–Crippen MR) is 65.5 cm³/mol. The van der Waals surface area contributed by atoms with Gasteiger partial charge >= 0.3 is 5.71 Å². The highest BCUT2D eigenvalue weighted by Crippen LogP contribution is 2.27. The highest BCUT2D eigenvalue weighted by atomic mass is 32.2. The molecule has 86 valence electrons. The van der Waals surface area contributed by atoms with Crippen molar-refractivity contribution in [3.63, 3.8) is 0 Å². The zero-order chi connectivity index (χ0) is 12.6. The van der Waals surface area contributed by atoms with Crippen LogP contribution in [0.5, 0.6) is 0 Å². The summed E-state index contributed by atoms with van der Waals surface area (Å²) in [5.41, 5.74) is 10.9. The summed E-state index contributed by atoms with van der Waals surface area (Å²) >= 11 is 0. The zero-order valence-corrected chi connectivity index (χ0v) is 10.0. The van der Waals surface area contributed by atoms with Crippen LogP contribution in [0, 0.1) is 0 Å². The van der Waals surface area contributed by atoms with E-state index in [0.717, 1.165) is 6.26 Å². The Morgan fingerprint density at radius 2 is 2.00 bits per heavy atom. The van der Waals surface area contributed by atoms with Crippen molar-refractivity contribution >= 4 is 21.6 Å². The van der Waals surface area contributed by atoms with E-state index in [9.17, 15) is 8.42 Å².